The van der Waals surface area contributed by atoms with Gasteiger partial charge in [0.05, 0.1) is 5.34 Å². The summed E-state index contributed by atoms with van der Waals surface area (Å²) >= 11 is 9.53. The van der Waals surface area contributed by atoms with E-state index in [4.69, 9.17) is 23.2 Å². The zero-order valence-corrected chi connectivity index (χ0v) is 11.6. The van der Waals surface area contributed by atoms with Gasteiger partial charge in [0.2, 0.25) is 8.32 Å². The van der Waals surface area contributed by atoms with Gasteiger partial charge in [0.25, 0.3) is 0 Å². The summed E-state index contributed by atoms with van der Waals surface area (Å²) < 4.78 is 59.7. The van der Waals surface area contributed by atoms with E-state index in [1.807, 2.05) is 0 Å². The van der Waals surface area contributed by atoms with Crippen molar-refractivity contribution in [3.8, 4) is 0 Å². The van der Waals surface area contributed by atoms with Crippen LogP contribution in [0.4, 0.5) is 13.2 Å². The Labute approximate surface area is 97.8 Å². The number of rotatable bonds is 2. The molecule has 0 bridgehead atoms. The molecule has 15 heavy (non-hydrogen) atoms. The van der Waals surface area contributed by atoms with Crippen LogP contribution in [0, 0.1) is 0 Å². The molecule has 0 radical (unpaired) electrons. The third kappa shape index (κ3) is 9.43. The maximum atomic E-state index is 11.7. The molecule has 0 aromatic rings. The number of alkyl halides is 5. The Morgan fingerprint density at radius 3 is 1.53 bits per heavy atom. The lowest BCUT2D eigenvalue weighted by molar-refractivity contribution is -0.0503. The van der Waals surface area contributed by atoms with Crippen molar-refractivity contribution < 1.29 is 25.5 Å². The van der Waals surface area contributed by atoms with Gasteiger partial charge in [0.15, 0.2) is 0 Å². The monoisotopic (exact) mass is 306 g/mol. The zero-order chi connectivity index (χ0) is 12.9. The Balaban J connectivity index is 0. The Morgan fingerprint density at radius 1 is 1.20 bits per heavy atom. The third-order valence-corrected chi connectivity index (χ3v) is 4.09. The molecule has 94 valence electrons. The average molecular weight is 307 g/mol. The van der Waals surface area contributed by atoms with E-state index in [2.05, 4.69) is 3.87 Å². The molecule has 0 fully saturated rings. The van der Waals surface area contributed by atoms with E-state index in [0.29, 0.717) is 0 Å². The first-order valence-corrected chi connectivity index (χ1v) is 9.40. The largest absolute Gasteiger partial charge is 0.522 e. The van der Waals surface area contributed by atoms with Crippen molar-refractivity contribution in [2.24, 2.45) is 0 Å². The van der Waals surface area contributed by atoms with Gasteiger partial charge >= 0.3 is 15.6 Å². The van der Waals surface area contributed by atoms with Crippen molar-refractivity contribution in [2.45, 2.75) is 25.1 Å². The number of hydrogen-bond acceptors (Lipinski definition) is 3. The van der Waals surface area contributed by atoms with Gasteiger partial charge in [-0.15, -0.1) is 23.2 Å². The second kappa shape index (κ2) is 6.29. The minimum Gasteiger partial charge on any atom is -0.309 e. The Kier molecular flexibility index (Phi) is 7.49. The van der Waals surface area contributed by atoms with Crippen molar-refractivity contribution >= 4 is 41.6 Å². The molecule has 0 atom stereocenters. The quantitative estimate of drug-likeness (QED) is 0.447. The van der Waals surface area contributed by atoms with E-state index in [-0.39, 0.29) is 5.34 Å². The molecule has 0 amide bonds. The fourth-order valence-corrected chi connectivity index (χ4v) is 3.39. The third-order valence-electron chi connectivity index (χ3n) is 0.643. The first-order chi connectivity index (χ1) is 6.37. The first kappa shape index (κ1) is 17.9. The molecule has 0 saturated heterocycles. The van der Waals surface area contributed by atoms with E-state index >= 15 is 0 Å². The topological polar surface area (TPSA) is 43.4 Å². The van der Waals surface area contributed by atoms with Crippen molar-refractivity contribution in [1.29, 1.82) is 0 Å². The molecular weight excluding hydrogens is 296 g/mol. The van der Waals surface area contributed by atoms with Crippen LogP contribution in [-0.2, 0) is 14.0 Å². The van der Waals surface area contributed by atoms with Crippen molar-refractivity contribution in [3.05, 3.63) is 0 Å². The summed E-state index contributed by atoms with van der Waals surface area (Å²) in [6.07, 6.45) is 0. The van der Waals surface area contributed by atoms with Crippen LogP contribution in [0.5, 0.6) is 0 Å². The Bertz CT molecular complexity index is 272. The maximum absolute atomic E-state index is 11.7. The molecule has 0 aromatic carbocycles. The second-order valence-corrected chi connectivity index (χ2v) is 10.3. The van der Waals surface area contributed by atoms with Crippen molar-refractivity contribution in [3.63, 3.8) is 0 Å². The van der Waals surface area contributed by atoms with Crippen LogP contribution in [0.15, 0.2) is 0 Å². The Morgan fingerprint density at radius 2 is 1.47 bits per heavy atom. The summed E-state index contributed by atoms with van der Waals surface area (Å²) in [5, 5.41) is 0.194. The highest BCUT2D eigenvalue weighted by Gasteiger charge is 2.49. The highest BCUT2D eigenvalue weighted by atomic mass is 35.5. The van der Waals surface area contributed by atoms with E-state index in [1.165, 1.54) is 19.6 Å². The van der Waals surface area contributed by atoms with E-state index < -0.39 is 23.9 Å². The van der Waals surface area contributed by atoms with Gasteiger partial charge in [0, 0.05) is 0 Å². The van der Waals surface area contributed by atoms with Crippen LogP contribution in [0.25, 0.3) is 0 Å². The number of halogens is 5. The van der Waals surface area contributed by atoms with Gasteiger partial charge in [-0.1, -0.05) is 0 Å². The van der Waals surface area contributed by atoms with Crippen LogP contribution >= 0.6 is 23.2 Å². The summed E-state index contributed by atoms with van der Waals surface area (Å²) in [7, 11) is -8.10. The van der Waals surface area contributed by atoms with Gasteiger partial charge in [-0.3, -0.25) is 0 Å². The second-order valence-electron chi connectivity index (χ2n) is 3.20. The van der Waals surface area contributed by atoms with E-state index in [0.717, 1.165) is 0 Å². The molecule has 0 spiro atoms. The van der Waals surface area contributed by atoms with Crippen LogP contribution in [0.1, 0.15) is 0 Å². The van der Waals surface area contributed by atoms with Gasteiger partial charge in [-0.25, -0.2) is 0 Å². The summed E-state index contributed by atoms with van der Waals surface area (Å²) in [5.41, 5.74) is -5.31. The smallest absolute Gasteiger partial charge is 0.309 e. The molecule has 0 saturated carbocycles. The SMILES string of the molecule is C[Si](C)(C)OS(=O)(=O)C(F)(F)F.ClCCl. The molecule has 0 heterocycles. The van der Waals surface area contributed by atoms with Gasteiger partial charge in [0.1, 0.15) is 0 Å². The molecule has 0 N–H and O–H groups in total. The van der Waals surface area contributed by atoms with Crippen molar-refractivity contribution in [2.75, 3.05) is 5.34 Å². The summed E-state index contributed by atoms with van der Waals surface area (Å²) in [6.45, 7) is 4.07. The maximum Gasteiger partial charge on any atom is 0.522 e. The lowest BCUT2D eigenvalue weighted by atomic mass is 11.6. The van der Waals surface area contributed by atoms with Gasteiger partial charge in [-0.05, 0) is 19.6 Å². The molecular formula is C5H11Cl2F3O3SSi. The molecule has 0 rings (SSSR count). The molecule has 0 unspecified atom stereocenters. The van der Waals surface area contributed by atoms with Crippen LogP contribution in [-0.4, -0.2) is 27.6 Å². The van der Waals surface area contributed by atoms with Crippen molar-refractivity contribution in [1.82, 2.24) is 0 Å². The minimum atomic E-state index is -5.39. The van der Waals surface area contributed by atoms with Gasteiger partial charge < -0.3 is 3.87 Å². The summed E-state index contributed by atoms with van der Waals surface area (Å²) in [6, 6.07) is 0. The molecule has 0 aliphatic rings. The normalized spacial score (nSPS) is 13.1. The highest BCUT2D eigenvalue weighted by molar-refractivity contribution is 7.88. The molecule has 0 aromatic heterocycles. The molecule has 0 aliphatic heterocycles. The van der Waals surface area contributed by atoms with E-state index in [1.54, 1.807) is 0 Å². The fourth-order valence-electron chi connectivity index (χ4n) is 0.376. The minimum absolute atomic E-state index is 0.194. The lowest BCUT2D eigenvalue weighted by Crippen LogP contribution is -2.36. The number of hydrogen-bond donors (Lipinski definition) is 0. The van der Waals surface area contributed by atoms with Crippen LogP contribution in [0.2, 0.25) is 19.6 Å². The van der Waals surface area contributed by atoms with Crippen LogP contribution in [0.3, 0.4) is 0 Å². The van der Waals surface area contributed by atoms with Gasteiger partial charge in [-0.2, -0.15) is 21.6 Å². The lowest BCUT2D eigenvalue weighted by Gasteiger charge is -2.17. The fraction of sp³-hybridized carbons (Fsp3) is 1.00. The zero-order valence-electron chi connectivity index (χ0n) is 8.23. The summed E-state index contributed by atoms with van der Waals surface area (Å²) in [4.78, 5) is 0. The first-order valence-electron chi connectivity index (χ1n) is 3.51. The summed E-state index contributed by atoms with van der Waals surface area (Å²) in [5.74, 6) is 0. The average Bonchev–Trinajstić information content (AvgIpc) is 1.79. The van der Waals surface area contributed by atoms with Crippen LogP contribution < -0.4 is 0 Å². The molecule has 3 nitrogen and oxygen atoms in total. The standard InChI is InChI=1S/C4H9F3O3SSi.CH2Cl2/c1-12(2,3)10-11(8,9)4(5,6)7;2-1-3/h1-3H3;1H2. The highest BCUT2D eigenvalue weighted by Crippen LogP contribution is 2.27. The van der Waals surface area contributed by atoms with E-state index in [9.17, 15) is 21.6 Å². The Hall–Kier alpha value is 0.497. The molecule has 10 heteroatoms. The predicted molar refractivity (Wildman–Crippen MR) is 56.0 cm³/mol. The molecule has 0 aliphatic carbocycles. The predicted octanol–water partition coefficient (Wildman–Crippen LogP) is 3.11.